The molecule has 1 amide bonds. The summed E-state index contributed by atoms with van der Waals surface area (Å²) in [6, 6.07) is -1.44. The van der Waals surface area contributed by atoms with Crippen molar-refractivity contribution in [1.29, 1.82) is 0 Å². The van der Waals surface area contributed by atoms with Gasteiger partial charge in [-0.1, -0.05) is 68.4 Å². The van der Waals surface area contributed by atoms with Crippen LogP contribution < -0.4 is 10.6 Å². The van der Waals surface area contributed by atoms with Gasteiger partial charge in [0, 0.05) is 19.0 Å². The monoisotopic (exact) mass is 614 g/mol. The first-order valence-electron chi connectivity index (χ1n) is 15.4. The van der Waals surface area contributed by atoms with Gasteiger partial charge in [0.05, 0.1) is 43.7 Å². The summed E-state index contributed by atoms with van der Waals surface area (Å²) in [5.41, 5.74) is 0. The van der Waals surface area contributed by atoms with Crippen molar-refractivity contribution in [3.8, 4) is 0 Å². The molecule has 0 aromatic carbocycles. The number of aliphatic hydroxyl groups excluding tert-OH is 4. The molecule has 1 rings (SSSR count). The molecule has 0 bridgehead atoms. The lowest BCUT2D eigenvalue weighted by molar-refractivity contribution is -0.121. The van der Waals surface area contributed by atoms with E-state index in [9.17, 15) is 34.7 Å². The van der Waals surface area contributed by atoms with Gasteiger partial charge in [-0.3, -0.25) is 9.36 Å². The van der Waals surface area contributed by atoms with Crippen molar-refractivity contribution in [2.75, 3.05) is 25.9 Å². The number of allylic oxidation sites excluding steroid dienone is 8. The maximum absolute atomic E-state index is 12.2. The molecule has 10 nitrogen and oxygen atoms in total. The van der Waals surface area contributed by atoms with Gasteiger partial charge in [0.1, 0.15) is 0 Å². The van der Waals surface area contributed by atoms with Gasteiger partial charge >= 0.3 is 7.60 Å². The Hall–Kier alpha value is -1.62. The molecular formula is C31H55N2O8P. The topological polar surface area (TPSA) is 169 Å². The molecule has 0 radical (unpaired) electrons. The highest BCUT2D eigenvalue weighted by Crippen LogP contribution is 2.43. The van der Waals surface area contributed by atoms with Crippen molar-refractivity contribution >= 4 is 13.5 Å². The summed E-state index contributed by atoms with van der Waals surface area (Å²) in [5, 5.41) is 44.7. The highest BCUT2D eigenvalue weighted by atomic mass is 31.2. The van der Waals surface area contributed by atoms with E-state index in [1.54, 1.807) is 0 Å². The van der Waals surface area contributed by atoms with E-state index in [0.29, 0.717) is 19.4 Å². The Bertz CT molecular complexity index is 879. The molecular weight excluding hydrogens is 559 g/mol. The summed E-state index contributed by atoms with van der Waals surface area (Å²) in [6.45, 7) is 2.09. The van der Waals surface area contributed by atoms with Gasteiger partial charge in [0.25, 0.3) is 0 Å². The second-order valence-corrected chi connectivity index (χ2v) is 12.7. The van der Waals surface area contributed by atoms with Gasteiger partial charge in [-0.2, -0.15) is 0 Å². The number of nitrogens with one attached hydrogen (secondary N) is 2. The lowest BCUT2D eigenvalue weighted by Gasteiger charge is -2.21. The van der Waals surface area contributed by atoms with Crippen LogP contribution in [0.1, 0.15) is 84.0 Å². The largest absolute Gasteiger partial charge is 0.395 e. The second-order valence-electron chi connectivity index (χ2n) is 10.8. The molecule has 1 fully saturated rings. The molecule has 0 aliphatic carbocycles. The highest BCUT2D eigenvalue weighted by molar-refractivity contribution is 7.52. The zero-order valence-corrected chi connectivity index (χ0v) is 26.1. The Labute approximate surface area is 252 Å². The van der Waals surface area contributed by atoms with Crippen molar-refractivity contribution in [3.63, 3.8) is 0 Å². The lowest BCUT2D eigenvalue weighted by atomic mass is 10.0. The zero-order valence-electron chi connectivity index (χ0n) is 25.2. The number of amides is 1. The average Bonchev–Trinajstić information content (AvgIpc) is 3.21. The third-order valence-electron chi connectivity index (χ3n) is 6.94. The van der Waals surface area contributed by atoms with E-state index in [1.165, 1.54) is 25.7 Å². The SMILES string of the molecule is CCCCC/C=C\C/C=C\C/C=C\C/C=C\CCCC(=O)NCCCOP(=O)(O)C[C@H](O)C[C@H]1N[C@H](CO)[C@@H](O)[C@@H]1O. The van der Waals surface area contributed by atoms with Crippen LogP contribution in [0.15, 0.2) is 48.6 Å². The number of rotatable bonds is 24. The van der Waals surface area contributed by atoms with Crippen LogP contribution in [-0.4, -0.2) is 87.5 Å². The maximum atomic E-state index is 12.2. The standard InChI is InChI=1S/C31H55N2O8P/c1-2-3-4-5-6-7-8-9-10-11-12-13-14-15-16-17-18-20-29(36)32-21-19-22-41-42(39,40)25-26(35)23-27-30(37)31(38)28(24-34)33-27/h6-7,9-10,12-13,15-16,26-28,30-31,33-35,37-38H,2-5,8,11,14,17-25H2,1H3,(H,32,36)(H,39,40)/b7-6-,10-9-,13-12-,16-15-/t26-,27-,28-,30-,31-/m1/s1. The molecule has 1 aliphatic rings. The summed E-state index contributed by atoms with van der Waals surface area (Å²) in [6.07, 6.45) is 23.2. The van der Waals surface area contributed by atoms with E-state index in [0.717, 1.165) is 32.1 Å². The molecule has 7 N–H and O–H groups in total. The van der Waals surface area contributed by atoms with Crippen LogP contribution >= 0.6 is 7.60 Å². The zero-order chi connectivity index (χ0) is 31.1. The second kappa shape index (κ2) is 23.8. The third kappa shape index (κ3) is 18.8. The Morgan fingerprint density at radius 1 is 0.905 bits per heavy atom. The molecule has 0 aromatic heterocycles. The predicted octanol–water partition coefficient (Wildman–Crippen LogP) is 3.65. The third-order valence-corrected chi connectivity index (χ3v) is 8.40. The van der Waals surface area contributed by atoms with E-state index < -0.39 is 44.2 Å². The molecule has 6 atom stereocenters. The van der Waals surface area contributed by atoms with E-state index in [2.05, 4.69) is 66.2 Å². The first-order chi connectivity index (χ1) is 20.2. The smallest absolute Gasteiger partial charge is 0.330 e. The molecule has 1 saturated heterocycles. The van der Waals surface area contributed by atoms with E-state index in [-0.39, 0.29) is 25.5 Å². The first kappa shape index (κ1) is 38.4. The number of carbonyl (C=O) groups is 1. The van der Waals surface area contributed by atoms with Crippen molar-refractivity contribution in [1.82, 2.24) is 10.6 Å². The minimum atomic E-state index is -4.08. The van der Waals surface area contributed by atoms with Crippen LogP contribution in [0.5, 0.6) is 0 Å². The molecule has 0 aromatic rings. The Morgan fingerprint density at radius 2 is 1.48 bits per heavy atom. The lowest BCUT2D eigenvalue weighted by Crippen LogP contribution is -2.38. The van der Waals surface area contributed by atoms with Crippen LogP contribution in [0.2, 0.25) is 0 Å². The molecule has 1 heterocycles. The molecule has 1 aliphatic heterocycles. The van der Waals surface area contributed by atoms with Gasteiger partial charge in [0.15, 0.2) is 0 Å². The number of hydrogen-bond acceptors (Lipinski definition) is 8. The van der Waals surface area contributed by atoms with E-state index >= 15 is 0 Å². The normalized spacial score (nSPS) is 23.5. The maximum Gasteiger partial charge on any atom is 0.330 e. The van der Waals surface area contributed by atoms with Crippen molar-refractivity contribution in [2.45, 2.75) is 114 Å². The van der Waals surface area contributed by atoms with Gasteiger partial charge in [-0.15, -0.1) is 0 Å². The summed E-state index contributed by atoms with van der Waals surface area (Å²) in [7, 11) is -4.08. The van der Waals surface area contributed by atoms with Gasteiger partial charge < -0.3 is 40.5 Å². The minimum Gasteiger partial charge on any atom is -0.395 e. The molecule has 0 spiro atoms. The minimum absolute atomic E-state index is 0.0569. The quantitative estimate of drug-likeness (QED) is 0.0488. The molecule has 0 saturated carbocycles. The van der Waals surface area contributed by atoms with Crippen molar-refractivity contribution in [2.24, 2.45) is 0 Å². The van der Waals surface area contributed by atoms with Gasteiger partial charge in [0.2, 0.25) is 5.91 Å². The Morgan fingerprint density at radius 3 is 2.05 bits per heavy atom. The number of carbonyl (C=O) groups excluding carboxylic acids is 1. The van der Waals surface area contributed by atoms with Crippen LogP contribution in [0.3, 0.4) is 0 Å². The number of unbranched alkanes of at least 4 members (excludes halogenated alkanes) is 4. The van der Waals surface area contributed by atoms with Crippen LogP contribution in [0, 0.1) is 0 Å². The number of aliphatic hydroxyl groups is 4. The fourth-order valence-corrected chi connectivity index (χ4v) is 5.74. The van der Waals surface area contributed by atoms with E-state index in [4.69, 9.17) is 4.52 Å². The number of hydrogen-bond donors (Lipinski definition) is 7. The molecule has 42 heavy (non-hydrogen) atoms. The highest BCUT2D eigenvalue weighted by Gasteiger charge is 2.41. The van der Waals surface area contributed by atoms with Crippen molar-refractivity contribution < 1.29 is 39.2 Å². The molecule has 1 unspecified atom stereocenters. The average molecular weight is 615 g/mol. The van der Waals surface area contributed by atoms with Crippen molar-refractivity contribution in [3.05, 3.63) is 48.6 Å². The predicted molar refractivity (Wildman–Crippen MR) is 167 cm³/mol. The summed E-state index contributed by atoms with van der Waals surface area (Å²) >= 11 is 0. The molecule has 242 valence electrons. The van der Waals surface area contributed by atoms with Crippen LogP contribution in [0.4, 0.5) is 0 Å². The fourth-order valence-electron chi connectivity index (χ4n) is 4.54. The fraction of sp³-hybridized carbons (Fsp3) is 0.710. The summed E-state index contributed by atoms with van der Waals surface area (Å²) in [4.78, 5) is 22.0. The van der Waals surface area contributed by atoms with Crippen LogP contribution in [-0.2, 0) is 13.9 Å². The van der Waals surface area contributed by atoms with Gasteiger partial charge in [-0.05, 0) is 57.8 Å². The summed E-state index contributed by atoms with van der Waals surface area (Å²) in [5.74, 6) is -0.0838. The van der Waals surface area contributed by atoms with E-state index in [1.807, 2.05) is 0 Å². The summed E-state index contributed by atoms with van der Waals surface area (Å²) < 4.78 is 17.3. The first-order valence-corrected chi connectivity index (χ1v) is 17.2. The Balaban J connectivity index is 2.03. The van der Waals surface area contributed by atoms with Crippen LogP contribution in [0.25, 0.3) is 0 Å². The molecule has 11 heteroatoms. The Kier molecular flexibility index (Phi) is 21.8. The van der Waals surface area contributed by atoms with Gasteiger partial charge in [-0.25, -0.2) is 0 Å².